The van der Waals surface area contributed by atoms with Crippen molar-refractivity contribution in [2.24, 2.45) is 12.5 Å². The van der Waals surface area contributed by atoms with Gasteiger partial charge in [0.25, 0.3) is 0 Å². The van der Waals surface area contributed by atoms with Gasteiger partial charge in [-0.15, -0.1) is 0 Å². The molecule has 1 aliphatic heterocycles. The lowest BCUT2D eigenvalue weighted by molar-refractivity contribution is 0.260. The molecule has 1 fully saturated rings. The van der Waals surface area contributed by atoms with Crippen LogP contribution in [0.3, 0.4) is 0 Å². The summed E-state index contributed by atoms with van der Waals surface area (Å²) in [6.45, 7) is 8.82. The third-order valence-corrected chi connectivity index (χ3v) is 4.91. The molecule has 1 atom stereocenters. The summed E-state index contributed by atoms with van der Waals surface area (Å²) in [6, 6.07) is 0. The van der Waals surface area contributed by atoms with Crippen molar-refractivity contribution >= 4 is 15.9 Å². The second-order valence-corrected chi connectivity index (χ2v) is 6.56. The number of aryl methyl sites for hydroxylation is 2. The molecule has 1 unspecified atom stereocenters. The molecule has 1 aromatic rings. The van der Waals surface area contributed by atoms with Crippen LogP contribution in [-0.4, -0.2) is 41.4 Å². The van der Waals surface area contributed by atoms with E-state index in [-0.39, 0.29) is 0 Å². The van der Waals surface area contributed by atoms with Gasteiger partial charge in [-0.3, -0.25) is 9.58 Å². The second-order valence-electron chi connectivity index (χ2n) is 5.77. The highest BCUT2D eigenvalue weighted by Crippen LogP contribution is 2.31. The molecule has 0 spiro atoms. The summed E-state index contributed by atoms with van der Waals surface area (Å²) >= 11 is 3.65. The zero-order valence-corrected chi connectivity index (χ0v) is 13.3. The summed E-state index contributed by atoms with van der Waals surface area (Å²) in [5.74, 6) is 0. The van der Waals surface area contributed by atoms with Gasteiger partial charge in [0.1, 0.15) is 0 Å². The van der Waals surface area contributed by atoms with Gasteiger partial charge in [0.05, 0.1) is 15.9 Å². The van der Waals surface area contributed by atoms with Crippen LogP contribution in [-0.2, 0) is 13.6 Å². The molecule has 102 valence electrons. The van der Waals surface area contributed by atoms with Crippen molar-refractivity contribution in [3.63, 3.8) is 0 Å². The lowest BCUT2D eigenvalue weighted by Crippen LogP contribution is -2.33. The number of hydrogen-bond donors (Lipinski definition) is 1. The molecule has 0 radical (unpaired) electrons. The first-order valence-corrected chi connectivity index (χ1v) is 7.29. The summed E-state index contributed by atoms with van der Waals surface area (Å²) in [5, 5.41) is 7.76. The maximum atomic E-state index is 4.46. The molecule has 1 aromatic heterocycles. The average molecular weight is 315 g/mol. The predicted molar refractivity (Wildman–Crippen MR) is 77.6 cm³/mol. The molecule has 2 rings (SSSR count). The van der Waals surface area contributed by atoms with E-state index in [0.29, 0.717) is 5.41 Å². The van der Waals surface area contributed by atoms with Crippen molar-refractivity contribution in [1.29, 1.82) is 0 Å². The smallest absolute Gasteiger partial charge is 0.0739 e. The van der Waals surface area contributed by atoms with Crippen LogP contribution >= 0.6 is 15.9 Å². The van der Waals surface area contributed by atoms with Crippen LogP contribution in [0, 0.1) is 12.3 Å². The Labute approximate surface area is 118 Å². The van der Waals surface area contributed by atoms with E-state index in [4.69, 9.17) is 0 Å². The topological polar surface area (TPSA) is 33.1 Å². The van der Waals surface area contributed by atoms with Crippen molar-refractivity contribution < 1.29 is 0 Å². The minimum atomic E-state index is 0.412. The molecular formula is C13H23BrN4. The molecular weight excluding hydrogens is 292 g/mol. The molecule has 0 saturated carbocycles. The van der Waals surface area contributed by atoms with Crippen LogP contribution in [0.25, 0.3) is 0 Å². The van der Waals surface area contributed by atoms with Crippen LogP contribution in [0.5, 0.6) is 0 Å². The number of likely N-dealkylation sites (tertiary alicyclic amines) is 1. The quantitative estimate of drug-likeness (QED) is 0.921. The first-order chi connectivity index (χ1) is 8.45. The predicted octanol–water partition coefficient (Wildman–Crippen LogP) is 1.92. The number of rotatable bonds is 4. The summed E-state index contributed by atoms with van der Waals surface area (Å²) < 4.78 is 3.15. The standard InChI is InChI=1S/C13H23BrN4/c1-10-12(14)11(17(4)16-10)7-18-6-5-13(2,9-18)8-15-3/h15H,5-9H2,1-4H3. The zero-order valence-electron chi connectivity index (χ0n) is 11.8. The highest BCUT2D eigenvalue weighted by atomic mass is 79.9. The summed E-state index contributed by atoms with van der Waals surface area (Å²) in [4.78, 5) is 2.53. The van der Waals surface area contributed by atoms with Crippen LogP contribution in [0.1, 0.15) is 24.7 Å². The lowest BCUT2D eigenvalue weighted by Gasteiger charge is -2.24. The van der Waals surface area contributed by atoms with Gasteiger partial charge in [-0.25, -0.2) is 0 Å². The van der Waals surface area contributed by atoms with Gasteiger partial charge in [0.2, 0.25) is 0 Å². The Kier molecular flexibility index (Phi) is 4.14. The normalized spacial score (nSPS) is 24.9. The molecule has 4 nitrogen and oxygen atoms in total. The molecule has 0 bridgehead atoms. The molecule has 1 aliphatic rings. The molecule has 1 N–H and O–H groups in total. The van der Waals surface area contributed by atoms with Crippen molar-refractivity contribution in [1.82, 2.24) is 20.0 Å². The molecule has 18 heavy (non-hydrogen) atoms. The maximum Gasteiger partial charge on any atom is 0.0739 e. The average Bonchev–Trinajstić information content (AvgIpc) is 2.76. The van der Waals surface area contributed by atoms with Gasteiger partial charge in [0, 0.05) is 26.7 Å². The van der Waals surface area contributed by atoms with E-state index < -0.39 is 0 Å². The molecule has 0 aromatic carbocycles. The van der Waals surface area contributed by atoms with E-state index >= 15 is 0 Å². The highest BCUT2D eigenvalue weighted by molar-refractivity contribution is 9.10. The van der Waals surface area contributed by atoms with Gasteiger partial charge >= 0.3 is 0 Å². The molecule has 0 aliphatic carbocycles. The number of halogens is 1. The maximum absolute atomic E-state index is 4.46. The van der Waals surface area contributed by atoms with Gasteiger partial charge in [-0.2, -0.15) is 5.10 Å². The SMILES string of the molecule is CNCC1(C)CCN(Cc2c(Br)c(C)nn2C)C1. The Hall–Kier alpha value is -0.390. The Balaban J connectivity index is 2.03. The minimum Gasteiger partial charge on any atom is -0.319 e. The van der Waals surface area contributed by atoms with Crippen molar-refractivity contribution in [3.8, 4) is 0 Å². The fourth-order valence-electron chi connectivity index (χ4n) is 2.90. The molecule has 1 saturated heterocycles. The molecule has 2 heterocycles. The van der Waals surface area contributed by atoms with E-state index in [0.717, 1.165) is 29.8 Å². The summed E-state index contributed by atoms with van der Waals surface area (Å²) in [7, 11) is 4.06. The van der Waals surface area contributed by atoms with Gasteiger partial charge in [0.15, 0.2) is 0 Å². The fourth-order valence-corrected chi connectivity index (χ4v) is 3.36. The Morgan fingerprint density at radius 3 is 2.78 bits per heavy atom. The third kappa shape index (κ3) is 2.78. The van der Waals surface area contributed by atoms with Crippen molar-refractivity contribution in [2.75, 3.05) is 26.7 Å². The number of nitrogens with one attached hydrogen (secondary N) is 1. The number of aromatic nitrogens is 2. The Bertz CT molecular complexity index is 429. The van der Waals surface area contributed by atoms with Gasteiger partial charge < -0.3 is 5.32 Å². The monoisotopic (exact) mass is 314 g/mol. The first-order valence-electron chi connectivity index (χ1n) is 6.50. The van der Waals surface area contributed by atoms with Gasteiger partial charge in [-0.05, 0) is 48.3 Å². The van der Waals surface area contributed by atoms with Crippen molar-refractivity contribution in [2.45, 2.75) is 26.8 Å². The molecule has 0 amide bonds. The van der Waals surface area contributed by atoms with Crippen LogP contribution in [0.4, 0.5) is 0 Å². The Morgan fingerprint density at radius 1 is 1.50 bits per heavy atom. The molecule has 5 heteroatoms. The summed E-state index contributed by atoms with van der Waals surface area (Å²) in [5.41, 5.74) is 2.76. The van der Waals surface area contributed by atoms with E-state index in [9.17, 15) is 0 Å². The minimum absolute atomic E-state index is 0.412. The van der Waals surface area contributed by atoms with E-state index in [2.05, 4.69) is 38.2 Å². The highest BCUT2D eigenvalue weighted by Gasteiger charge is 2.33. The van der Waals surface area contributed by atoms with E-state index in [1.807, 2.05) is 25.7 Å². The lowest BCUT2D eigenvalue weighted by atomic mass is 9.90. The third-order valence-electron chi connectivity index (χ3n) is 3.88. The zero-order chi connectivity index (χ0) is 13.3. The van der Waals surface area contributed by atoms with Crippen LogP contribution in [0.2, 0.25) is 0 Å². The van der Waals surface area contributed by atoms with Gasteiger partial charge in [-0.1, -0.05) is 6.92 Å². The van der Waals surface area contributed by atoms with Crippen LogP contribution in [0.15, 0.2) is 4.47 Å². The number of hydrogen-bond acceptors (Lipinski definition) is 3. The Morgan fingerprint density at radius 2 is 2.22 bits per heavy atom. The summed E-state index contributed by atoms with van der Waals surface area (Å²) in [6.07, 6.45) is 1.27. The van der Waals surface area contributed by atoms with E-state index in [1.165, 1.54) is 18.7 Å². The number of nitrogens with zero attached hydrogens (tertiary/aromatic N) is 3. The first kappa shape index (κ1) is 14.0. The van der Waals surface area contributed by atoms with Crippen molar-refractivity contribution in [3.05, 3.63) is 15.9 Å². The van der Waals surface area contributed by atoms with Crippen LogP contribution < -0.4 is 5.32 Å². The second kappa shape index (κ2) is 5.31. The van der Waals surface area contributed by atoms with E-state index in [1.54, 1.807) is 0 Å². The largest absolute Gasteiger partial charge is 0.319 e. The fraction of sp³-hybridized carbons (Fsp3) is 0.769.